The molecule has 0 radical (unpaired) electrons. The van der Waals surface area contributed by atoms with Gasteiger partial charge in [-0.25, -0.2) is 0 Å². The second-order valence-corrected chi connectivity index (χ2v) is 8.44. The third-order valence-corrected chi connectivity index (χ3v) is 6.21. The molecule has 4 aromatic rings. The van der Waals surface area contributed by atoms with Gasteiger partial charge in [0.1, 0.15) is 0 Å². The number of aromatic nitrogens is 1. The molecule has 0 fully saturated rings. The fraction of sp³-hybridized carbons (Fsp3) is 0.185. The molecule has 1 unspecified atom stereocenters. The molecule has 0 amide bonds. The third-order valence-electron chi connectivity index (χ3n) is 5.95. The fourth-order valence-corrected chi connectivity index (χ4v) is 4.61. The zero-order chi connectivity index (χ0) is 20.7. The van der Waals surface area contributed by atoms with Crippen LogP contribution in [0.3, 0.4) is 0 Å². The van der Waals surface area contributed by atoms with Crippen molar-refractivity contribution >= 4 is 22.5 Å². The van der Waals surface area contributed by atoms with Crippen LogP contribution in [-0.4, -0.2) is 23.1 Å². The van der Waals surface area contributed by atoms with Gasteiger partial charge < -0.3 is 0 Å². The van der Waals surface area contributed by atoms with Crippen LogP contribution in [0.15, 0.2) is 72.8 Å². The first kappa shape index (κ1) is 19.0. The Hall–Kier alpha value is -2.99. The molecule has 0 saturated heterocycles. The number of rotatable bonds is 1. The minimum absolute atomic E-state index is 0.183. The predicted octanol–water partition coefficient (Wildman–Crippen LogP) is 6.04. The molecule has 1 aliphatic rings. The number of aryl methyl sites for hydroxylation is 1. The Morgan fingerprint density at radius 1 is 0.967 bits per heavy atom. The molecule has 1 aromatic heterocycles. The van der Waals surface area contributed by atoms with Gasteiger partial charge in [0, 0.05) is 28.6 Å². The van der Waals surface area contributed by atoms with Crippen molar-refractivity contribution in [1.82, 2.24) is 9.47 Å². The first-order valence-electron chi connectivity index (χ1n) is 10.3. The molecule has 1 atom stereocenters. The third kappa shape index (κ3) is 3.31. The average molecular weight is 411 g/mol. The highest BCUT2D eigenvalue weighted by atomic mass is 35.5. The van der Waals surface area contributed by atoms with Crippen molar-refractivity contribution in [3.63, 3.8) is 0 Å². The summed E-state index contributed by atoms with van der Waals surface area (Å²) in [5.74, 6) is 3.35. The Bertz CT molecular complexity index is 1270. The van der Waals surface area contributed by atoms with E-state index in [1.54, 1.807) is 0 Å². The summed E-state index contributed by atoms with van der Waals surface area (Å²) < 4.78 is 2.21. The first-order chi connectivity index (χ1) is 14.6. The number of hydrogen-bond donors (Lipinski definition) is 0. The molecule has 3 heteroatoms. The molecule has 3 aromatic carbocycles. The molecule has 148 valence electrons. The SMILES string of the molecule is Cc1ccc2c(c1)c1c(n2C#Cc2ccc(Cl)cc2)C(c2ccccc2)N(C)CC1. The van der Waals surface area contributed by atoms with Crippen LogP contribution in [0.2, 0.25) is 5.02 Å². The van der Waals surface area contributed by atoms with Gasteiger partial charge in [-0.2, -0.15) is 0 Å². The van der Waals surface area contributed by atoms with E-state index in [1.807, 2.05) is 24.3 Å². The molecule has 1 aliphatic heterocycles. The summed E-state index contributed by atoms with van der Waals surface area (Å²) >= 11 is 6.04. The Morgan fingerprint density at radius 2 is 1.73 bits per heavy atom. The lowest BCUT2D eigenvalue weighted by atomic mass is 9.92. The van der Waals surface area contributed by atoms with Gasteiger partial charge >= 0.3 is 0 Å². The van der Waals surface area contributed by atoms with Crippen LogP contribution in [0.4, 0.5) is 0 Å². The lowest BCUT2D eigenvalue weighted by molar-refractivity contribution is 0.259. The number of nitrogens with zero attached hydrogens (tertiary/aromatic N) is 2. The average Bonchev–Trinajstić information content (AvgIpc) is 3.06. The van der Waals surface area contributed by atoms with E-state index < -0.39 is 0 Å². The minimum Gasteiger partial charge on any atom is -0.294 e. The highest BCUT2D eigenvalue weighted by Gasteiger charge is 2.31. The van der Waals surface area contributed by atoms with Gasteiger partial charge in [0.05, 0.1) is 17.3 Å². The van der Waals surface area contributed by atoms with E-state index >= 15 is 0 Å². The van der Waals surface area contributed by atoms with Gasteiger partial charge in [0.15, 0.2) is 0 Å². The van der Waals surface area contributed by atoms with Crippen LogP contribution >= 0.6 is 11.6 Å². The van der Waals surface area contributed by atoms with Crippen LogP contribution in [0.25, 0.3) is 10.9 Å². The first-order valence-corrected chi connectivity index (χ1v) is 10.7. The Morgan fingerprint density at radius 3 is 2.50 bits per heavy atom. The zero-order valence-corrected chi connectivity index (χ0v) is 17.9. The van der Waals surface area contributed by atoms with Gasteiger partial charge in [0.2, 0.25) is 0 Å². The Balaban J connectivity index is 1.76. The standard InChI is InChI=1S/C27H23ClN2/c1-19-8-13-25-24(18-19)23-15-16-29(2)26(21-6-4-3-5-7-21)27(23)30(25)17-14-20-9-11-22(28)12-10-20/h3-13,18,26H,15-16H2,1-2H3. The number of likely N-dealkylation sites (N-methyl/N-ethyl adjacent to an activating group) is 1. The maximum Gasteiger partial charge on any atom is 0.0768 e. The topological polar surface area (TPSA) is 8.17 Å². The van der Waals surface area contributed by atoms with Crippen LogP contribution in [0.1, 0.15) is 34.0 Å². The highest BCUT2D eigenvalue weighted by molar-refractivity contribution is 6.30. The van der Waals surface area contributed by atoms with E-state index in [1.165, 1.54) is 33.3 Å². The highest BCUT2D eigenvalue weighted by Crippen LogP contribution is 2.39. The minimum atomic E-state index is 0.183. The predicted molar refractivity (Wildman–Crippen MR) is 125 cm³/mol. The zero-order valence-electron chi connectivity index (χ0n) is 17.2. The van der Waals surface area contributed by atoms with Gasteiger partial charge in [-0.15, -0.1) is 0 Å². The van der Waals surface area contributed by atoms with Crippen molar-refractivity contribution < 1.29 is 0 Å². The van der Waals surface area contributed by atoms with Crippen LogP contribution < -0.4 is 0 Å². The summed E-state index contributed by atoms with van der Waals surface area (Å²) in [7, 11) is 2.21. The lowest BCUT2D eigenvalue weighted by Gasteiger charge is -2.34. The summed E-state index contributed by atoms with van der Waals surface area (Å²) in [6.45, 7) is 3.19. The molecule has 0 aliphatic carbocycles. The Labute approximate surface area is 182 Å². The summed E-state index contributed by atoms with van der Waals surface area (Å²) in [6.07, 6.45) is 1.03. The van der Waals surface area contributed by atoms with Crippen molar-refractivity contribution in [2.75, 3.05) is 13.6 Å². The van der Waals surface area contributed by atoms with Gasteiger partial charge in [-0.1, -0.05) is 53.6 Å². The van der Waals surface area contributed by atoms with Crippen molar-refractivity contribution in [2.24, 2.45) is 0 Å². The molecular weight excluding hydrogens is 388 g/mol. The van der Waals surface area contributed by atoms with E-state index in [2.05, 4.69) is 83.9 Å². The molecule has 0 N–H and O–H groups in total. The second-order valence-electron chi connectivity index (χ2n) is 8.01. The van der Waals surface area contributed by atoms with E-state index in [9.17, 15) is 0 Å². The maximum atomic E-state index is 6.04. The van der Waals surface area contributed by atoms with Gasteiger partial charge in [-0.05, 0) is 73.8 Å². The number of benzene rings is 3. The number of halogens is 1. The molecule has 0 saturated carbocycles. The molecule has 0 bridgehead atoms. The largest absolute Gasteiger partial charge is 0.294 e. The monoisotopic (exact) mass is 410 g/mol. The van der Waals surface area contributed by atoms with Crippen LogP contribution in [0.5, 0.6) is 0 Å². The molecule has 2 heterocycles. The summed E-state index contributed by atoms with van der Waals surface area (Å²) in [4.78, 5) is 2.43. The molecule has 5 rings (SSSR count). The molecule has 30 heavy (non-hydrogen) atoms. The smallest absolute Gasteiger partial charge is 0.0768 e. The molecular formula is C27H23ClN2. The maximum absolute atomic E-state index is 6.04. The van der Waals surface area contributed by atoms with E-state index in [-0.39, 0.29) is 6.04 Å². The molecule has 2 nitrogen and oxygen atoms in total. The van der Waals surface area contributed by atoms with E-state index in [0.717, 1.165) is 23.6 Å². The van der Waals surface area contributed by atoms with Gasteiger partial charge in [-0.3, -0.25) is 9.47 Å². The number of hydrogen-bond acceptors (Lipinski definition) is 1. The van der Waals surface area contributed by atoms with Crippen molar-refractivity contribution in [3.8, 4) is 12.0 Å². The summed E-state index contributed by atoms with van der Waals surface area (Å²) in [6, 6.07) is 28.8. The van der Waals surface area contributed by atoms with Crippen molar-refractivity contribution in [3.05, 3.63) is 106 Å². The van der Waals surface area contributed by atoms with E-state index in [4.69, 9.17) is 11.6 Å². The second kappa shape index (κ2) is 7.69. The van der Waals surface area contributed by atoms with Crippen molar-refractivity contribution in [1.29, 1.82) is 0 Å². The quantitative estimate of drug-likeness (QED) is 0.347. The fourth-order valence-electron chi connectivity index (χ4n) is 4.49. The molecule has 0 spiro atoms. The summed E-state index contributed by atoms with van der Waals surface area (Å²) in [5.41, 5.74) is 7.44. The summed E-state index contributed by atoms with van der Waals surface area (Å²) in [5, 5.41) is 2.05. The Kier molecular flexibility index (Phi) is 4.87. The van der Waals surface area contributed by atoms with Crippen LogP contribution in [0, 0.1) is 18.9 Å². The van der Waals surface area contributed by atoms with Gasteiger partial charge in [0.25, 0.3) is 0 Å². The lowest BCUT2D eigenvalue weighted by Crippen LogP contribution is -2.33. The van der Waals surface area contributed by atoms with Crippen molar-refractivity contribution in [2.45, 2.75) is 19.4 Å². The van der Waals surface area contributed by atoms with E-state index in [0.29, 0.717) is 0 Å². The number of fused-ring (bicyclic) bond motifs is 3. The van der Waals surface area contributed by atoms with Crippen LogP contribution in [-0.2, 0) is 6.42 Å². The normalized spacial score (nSPS) is 16.2.